The first-order valence-corrected chi connectivity index (χ1v) is 13.6. The Labute approximate surface area is 214 Å². The number of rotatable bonds is 6. The molecule has 3 aliphatic heterocycles. The number of aliphatic hydroxyl groups excluding tert-OH is 1. The lowest BCUT2D eigenvalue weighted by atomic mass is 9.68. The van der Waals surface area contributed by atoms with Gasteiger partial charge in [0.15, 0.2) is 0 Å². The molecule has 3 aliphatic rings. The van der Waals surface area contributed by atoms with Gasteiger partial charge in [-0.05, 0) is 68.8 Å². The Morgan fingerprint density at radius 3 is 2.67 bits per heavy atom. The van der Waals surface area contributed by atoms with Crippen LogP contribution >= 0.6 is 0 Å². The molecule has 0 bridgehead atoms. The first-order chi connectivity index (χ1) is 17.5. The van der Waals surface area contributed by atoms with E-state index in [1.807, 2.05) is 11.0 Å². The van der Waals surface area contributed by atoms with Gasteiger partial charge in [0, 0.05) is 62.5 Å². The lowest BCUT2D eigenvalue weighted by molar-refractivity contribution is 0.0352. The molecule has 4 heterocycles. The average Bonchev–Trinajstić information content (AvgIpc) is 3.21. The molecule has 1 aromatic carbocycles. The van der Waals surface area contributed by atoms with Gasteiger partial charge in [0.1, 0.15) is 5.75 Å². The monoisotopic (exact) mass is 498 g/mol. The van der Waals surface area contributed by atoms with Crippen molar-refractivity contribution in [2.45, 2.75) is 50.5 Å². The Bertz CT molecular complexity index is 1070. The van der Waals surface area contributed by atoms with Gasteiger partial charge in [-0.3, -0.25) is 0 Å². The predicted octanol–water partition coefficient (Wildman–Crippen LogP) is 3.42. The van der Waals surface area contributed by atoms with Crippen molar-refractivity contribution in [2.75, 3.05) is 59.7 Å². The minimum absolute atomic E-state index is 0.0756. The summed E-state index contributed by atoms with van der Waals surface area (Å²) in [4.78, 5) is 17.9. The Hall–Kier alpha value is -2.29. The zero-order valence-electron chi connectivity index (χ0n) is 22.1. The second kappa shape index (κ2) is 10.6. The molecule has 36 heavy (non-hydrogen) atoms. The summed E-state index contributed by atoms with van der Waals surface area (Å²) in [6.45, 7) is 8.19. The number of hydrogen-bond donors (Lipinski definition) is 2. The van der Waals surface area contributed by atoms with E-state index in [2.05, 4.69) is 40.9 Å². The molecule has 0 aliphatic carbocycles. The largest absolute Gasteiger partial charge is 0.497 e. The molecule has 8 nitrogen and oxygen atoms in total. The number of carbonyl (C=O) groups is 1. The number of methoxy groups -OCH3 is 1. The van der Waals surface area contributed by atoms with E-state index in [-0.39, 0.29) is 24.1 Å². The summed E-state index contributed by atoms with van der Waals surface area (Å²) in [5, 5.41) is 14.9. The lowest BCUT2D eigenvalue weighted by Gasteiger charge is -2.50. The van der Waals surface area contributed by atoms with Crippen LogP contribution in [0.25, 0.3) is 10.9 Å². The zero-order valence-corrected chi connectivity index (χ0v) is 22.1. The second-order valence-electron chi connectivity index (χ2n) is 10.9. The molecule has 0 saturated carbocycles. The third kappa shape index (κ3) is 4.48. The third-order valence-electron chi connectivity index (χ3n) is 8.78. The molecule has 2 fully saturated rings. The molecule has 2 aromatic rings. The van der Waals surface area contributed by atoms with Gasteiger partial charge in [-0.2, -0.15) is 0 Å². The van der Waals surface area contributed by atoms with E-state index in [1.165, 1.54) is 10.9 Å². The number of hydrogen-bond acceptors (Lipinski definition) is 5. The van der Waals surface area contributed by atoms with Crippen LogP contribution in [0.4, 0.5) is 4.79 Å². The number of urea groups is 1. The van der Waals surface area contributed by atoms with Crippen molar-refractivity contribution >= 4 is 16.9 Å². The van der Waals surface area contributed by atoms with Crippen LogP contribution in [0.3, 0.4) is 0 Å². The Kier molecular flexibility index (Phi) is 7.47. The number of fused-ring (bicyclic) bond motifs is 4. The number of aliphatic hydroxyl groups is 1. The van der Waals surface area contributed by atoms with Crippen LogP contribution in [0.2, 0.25) is 0 Å². The van der Waals surface area contributed by atoms with Gasteiger partial charge in [0.05, 0.1) is 25.3 Å². The van der Waals surface area contributed by atoms with Crippen molar-refractivity contribution in [3.63, 3.8) is 0 Å². The molecule has 2 saturated heterocycles. The number of aromatic nitrogens is 1. The number of nitrogens with zero attached hydrogens (tertiary/aromatic N) is 3. The molecule has 1 aromatic heterocycles. The van der Waals surface area contributed by atoms with E-state index in [9.17, 15) is 9.90 Å². The fourth-order valence-corrected chi connectivity index (χ4v) is 6.77. The van der Waals surface area contributed by atoms with E-state index >= 15 is 0 Å². The number of piperidine rings is 1. The van der Waals surface area contributed by atoms with Crippen LogP contribution in [-0.4, -0.2) is 85.2 Å². The van der Waals surface area contributed by atoms with Gasteiger partial charge in [-0.25, -0.2) is 4.79 Å². The normalized spacial score (nSPS) is 22.7. The van der Waals surface area contributed by atoms with Gasteiger partial charge in [0.2, 0.25) is 0 Å². The fourth-order valence-electron chi connectivity index (χ4n) is 6.77. The quantitative estimate of drug-likeness (QED) is 0.638. The molecule has 0 unspecified atom stereocenters. The third-order valence-corrected chi connectivity index (χ3v) is 8.78. The van der Waals surface area contributed by atoms with Crippen LogP contribution < -0.4 is 10.1 Å². The summed E-state index contributed by atoms with van der Waals surface area (Å²) in [6, 6.07) is 5.84. The maximum Gasteiger partial charge on any atom is 0.318 e. The average molecular weight is 499 g/mol. The molecule has 2 amide bonds. The topological polar surface area (TPSA) is 79.2 Å². The number of ether oxygens (including phenoxy) is 2. The van der Waals surface area contributed by atoms with E-state index in [4.69, 9.17) is 9.47 Å². The molecule has 198 valence electrons. The maximum absolute atomic E-state index is 13.4. The summed E-state index contributed by atoms with van der Waals surface area (Å²) >= 11 is 0. The first-order valence-electron chi connectivity index (χ1n) is 13.6. The summed E-state index contributed by atoms with van der Waals surface area (Å²) in [5.41, 5.74) is 3.35. The van der Waals surface area contributed by atoms with Gasteiger partial charge in [0.25, 0.3) is 0 Å². The van der Waals surface area contributed by atoms with Crippen molar-refractivity contribution in [3.05, 3.63) is 29.5 Å². The van der Waals surface area contributed by atoms with Gasteiger partial charge in [-0.15, -0.1) is 0 Å². The van der Waals surface area contributed by atoms with Gasteiger partial charge < -0.3 is 34.3 Å². The van der Waals surface area contributed by atoms with Crippen LogP contribution in [0.15, 0.2) is 18.2 Å². The molecule has 1 spiro atoms. The summed E-state index contributed by atoms with van der Waals surface area (Å²) in [6.07, 6.45) is 5.20. The Balaban J connectivity index is 1.52. The summed E-state index contributed by atoms with van der Waals surface area (Å²) in [7, 11) is 3.75. The van der Waals surface area contributed by atoms with Crippen molar-refractivity contribution < 1.29 is 19.4 Å². The highest BCUT2D eigenvalue weighted by molar-refractivity contribution is 5.89. The minimum Gasteiger partial charge on any atom is -0.497 e. The predicted molar refractivity (Wildman–Crippen MR) is 141 cm³/mol. The first kappa shape index (κ1) is 25.4. The molecule has 5 rings (SSSR count). The van der Waals surface area contributed by atoms with Crippen molar-refractivity contribution in [1.82, 2.24) is 19.7 Å². The summed E-state index contributed by atoms with van der Waals surface area (Å²) in [5.74, 6) is 1.54. The number of aryl methyl sites for hydroxylation is 1. The standard InChI is InChI=1S/C28H42N4O4/c1-4-11-29-27(34)32-19-28(9-12-31(13-10-28)17-20-7-14-36-15-8-20)25-22-6-5-21(35-3)16-23(22)30(2)26(25)24(32)18-33/h5-6,16,20,24,33H,4,7-15,17-19H2,1-3H3,(H,29,34)/t24-/m0/s1. The maximum atomic E-state index is 13.4. The number of likely N-dealkylation sites (tertiary alicyclic amines) is 1. The highest BCUT2D eigenvalue weighted by Gasteiger charge is 2.49. The van der Waals surface area contributed by atoms with Crippen molar-refractivity contribution in [1.29, 1.82) is 0 Å². The lowest BCUT2D eigenvalue weighted by Crippen LogP contribution is -2.57. The van der Waals surface area contributed by atoms with Crippen molar-refractivity contribution in [3.8, 4) is 5.75 Å². The van der Waals surface area contributed by atoms with Crippen LogP contribution in [-0.2, 0) is 17.2 Å². The molecule has 8 heteroatoms. The molecule has 0 radical (unpaired) electrons. The molecular weight excluding hydrogens is 456 g/mol. The minimum atomic E-state index is -0.369. The van der Waals surface area contributed by atoms with E-state index < -0.39 is 0 Å². The second-order valence-corrected chi connectivity index (χ2v) is 10.9. The smallest absolute Gasteiger partial charge is 0.318 e. The number of nitrogens with one attached hydrogen (secondary N) is 1. The Morgan fingerprint density at radius 2 is 2.00 bits per heavy atom. The highest BCUT2D eigenvalue weighted by atomic mass is 16.5. The number of amides is 2. The van der Waals surface area contributed by atoms with Gasteiger partial charge in [-0.1, -0.05) is 6.92 Å². The van der Waals surface area contributed by atoms with Crippen molar-refractivity contribution in [2.24, 2.45) is 13.0 Å². The van der Waals surface area contributed by atoms with E-state index in [0.29, 0.717) is 13.1 Å². The van der Waals surface area contributed by atoms with Crippen LogP contribution in [0.1, 0.15) is 56.3 Å². The summed E-state index contributed by atoms with van der Waals surface area (Å²) < 4.78 is 13.3. The SMILES string of the molecule is CCCNC(=O)N1CC2(CCN(CC3CCOCC3)CC2)c2c(n(C)c3cc(OC)ccc23)[C@@H]1CO. The van der Waals surface area contributed by atoms with E-state index in [1.54, 1.807) is 7.11 Å². The molecule has 2 N–H and O–H groups in total. The molecule has 1 atom stereocenters. The zero-order chi connectivity index (χ0) is 25.3. The van der Waals surface area contributed by atoms with E-state index in [0.717, 1.165) is 87.8 Å². The van der Waals surface area contributed by atoms with Crippen LogP contribution in [0.5, 0.6) is 5.75 Å². The Morgan fingerprint density at radius 1 is 1.25 bits per heavy atom. The highest BCUT2D eigenvalue weighted by Crippen LogP contribution is 2.50. The van der Waals surface area contributed by atoms with Gasteiger partial charge >= 0.3 is 6.03 Å². The molecular formula is C28H42N4O4. The van der Waals surface area contributed by atoms with Crippen LogP contribution in [0, 0.1) is 5.92 Å². The fraction of sp³-hybridized carbons (Fsp3) is 0.679. The number of benzene rings is 1. The number of carbonyl (C=O) groups excluding carboxylic acids is 1.